The van der Waals surface area contributed by atoms with E-state index in [2.05, 4.69) is 59.2 Å². The van der Waals surface area contributed by atoms with E-state index in [9.17, 15) is 0 Å². The first-order valence-electron chi connectivity index (χ1n) is 6.38. The van der Waals surface area contributed by atoms with Gasteiger partial charge in [-0.15, -0.1) is 0 Å². The van der Waals surface area contributed by atoms with Crippen molar-refractivity contribution in [2.24, 2.45) is 11.1 Å². The second kappa shape index (κ2) is 4.97. The molecule has 0 aliphatic heterocycles. The van der Waals surface area contributed by atoms with E-state index in [1.807, 2.05) is 16.9 Å². The Hall–Kier alpha value is -1.57. The van der Waals surface area contributed by atoms with Gasteiger partial charge >= 0.3 is 0 Å². The number of hydrogen-bond acceptors (Lipinski definition) is 1. The van der Waals surface area contributed by atoms with E-state index in [-0.39, 0.29) is 11.0 Å². The molecule has 0 aromatic carbocycles. The lowest BCUT2D eigenvalue weighted by atomic mass is 9.59. The monoisotopic (exact) mass is 245 g/mol. The summed E-state index contributed by atoms with van der Waals surface area (Å²) in [6, 6.07) is 0. The molecular weight excluding hydrogens is 220 g/mol. The van der Waals surface area contributed by atoms with E-state index in [0.717, 1.165) is 6.42 Å². The van der Waals surface area contributed by atoms with Crippen molar-refractivity contribution in [3.63, 3.8) is 0 Å². The summed E-state index contributed by atoms with van der Waals surface area (Å²) in [5, 5.41) is 0. The SMILES string of the molecule is C=C(N)/C=C(\C)C1(C)C=CC1(C)[N+](=C)/C=C\CC. The quantitative estimate of drug-likeness (QED) is 0.342. The predicted molar refractivity (Wildman–Crippen MR) is 79.5 cm³/mol. The van der Waals surface area contributed by atoms with Crippen LogP contribution in [0.3, 0.4) is 0 Å². The number of hydrogen-bond donors (Lipinski definition) is 1. The first-order chi connectivity index (χ1) is 8.28. The molecule has 18 heavy (non-hydrogen) atoms. The molecule has 0 saturated heterocycles. The molecule has 2 atom stereocenters. The van der Waals surface area contributed by atoms with Crippen LogP contribution >= 0.6 is 0 Å². The maximum Gasteiger partial charge on any atom is 0.195 e. The third-order valence-corrected chi connectivity index (χ3v) is 4.13. The molecule has 2 N–H and O–H groups in total. The van der Waals surface area contributed by atoms with Crippen molar-refractivity contribution < 1.29 is 4.58 Å². The highest BCUT2D eigenvalue weighted by Crippen LogP contribution is 2.50. The van der Waals surface area contributed by atoms with Gasteiger partial charge in [0.05, 0.1) is 5.41 Å². The Morgan fingerprint density at radius 1 is 1.39 bits per heavy atom. The second-order valence-corrected chi connectivity index (χ2v) is 5.35. The summed E-state index contributed by atoms with van der Waals surface area (Å²) < 4.78 is 2.02. The zero-order valence-electron chi connectivity index (χ0n) is 12.0. The molecule has 0 aromatic rings. The summed E-state index contributed by atoms with van der Waals surface area (Å²) >= 11 is 0. The molecule has 1 aliphatic carbocycles. The van der Waals surface area contributed by atoms with Crippen LogP contribution in [-0.4, -0.2) is 16.8 Å². The van der Waals surface area contributed by atoms with Crippen LogP contribution in [0.25, 0.3) is 0 Å². The van der Waals surface area contributed by atoms with Crippen molar-refractivity contribution in [2.45, 2.75) is 39.7 Å². The lowest BCUT2D eigenvalue weighted by Gasteiger charge is -2.46. The van der Waals surface area contributed by atoms with Crippen molar-refractivity contribution in [3.05, 3.63) is 48.4 Å². The molecule has 0 spiro atoms. The van der Waals surface area contributed by atoms with Gasteiger partial charge in [0.25, 0.3) is 0 Å². The molecule has 0 radical (unpaired) electrons. The Labute approximate surface area is 111 Å². The fourth-order valence-electron chi connectivity index (χ4n) is 2.31. The summed E-state index contributed by atoms with van der Waals surface area (Å²) in [5.74, 6) is 0. The van der Waals surface area contributed by atoms with Crippen molar-refractivity contribution in [1.82, 2.24) is 0 Å². The van der Waals surface area contributed by atoms with Gasteiger partial charge < -0.3 is 5.73 Å². The number of nitrogens with two attached hydrogens (primary N) is 1. The van der Waals surface area contributed by atoms with Crippen LogP contribution in [0.1, 0.15) is 34.1 Å². The summed E-state index contributed by atoms with van der Waals surface area (Å²) in [6.45, 7) is 16.5. The van der Waals surface area contributed by atoms with Crippen LogP contribution in [0.5, 0.6) is 0 Å². The Bertz CT molecular complexity index is 454. The third kappa shape index (κ3) is 2.20. The van der Waals surface area contributed by atoms with Gasteiger partial charge in [0.2, 0.25) is 0 Å². The molecule has 0 amide bonds. The average Bonchev–Trinajstić information content (AvgIpc) is 2.31. The van der Waals surface area contributed by atoms with E-state index in [1.54, 1.807) is 0 Å². The largest absolute Gasteiger partial charge is 0.399 e. The van der Waals surface area contributed by atoms with Gasteiger partial charge in [-0.25, -0.2) is 4.58 Å². The van der Waals surface area contributed by atoms with Crippen LogP contribution in [0.4, 0.5) is 0 Å². The van der Waals surface area contributed by atoms with E-state index < -0.39 is 0 Å². The first-order valence-corrected chi connectivity index (χ1v) is 6.38. The molecule has 0 fully saturated rings. The summed E-state index contributed by atoms with van der Waals surface area (Å²) in [6.07, 6.45) is 11.5. The fraction of sp³-hybridized carbons (Fsp3) is 0.438. The van der Waals surface area contributed by atoms with Crippen molar-refractivity contribution in [1.29, 1.82) is 0 Å². The molecule has 98 valence electrons. The fourth-order valence-corrected chi connectivity index (χ4v) is 2.31. The van der Waals surface area contributed by atoms with Gasteiger partial charge in [-0.1, -0.05) is 25.2 Å². The number of allylic oxidation sites excluding steroid dienone is 2. The summed E-state index contributed by atoms with van der Waals surface area (Å²) in [4.78, 5) is 0. The Kier molecular flexibility index (Phi) is 4.00. The van der Waals surface area contributed by atoms with Crippen molar-refractivity contribution in [2.75, 3.05) is 0 Å². The Balaban J connectivity index is 3.07. The van der Waals surface area contributed by atoms with Crippen molar-refractivity contribution >= 4 is 6.72 Å². The molecule has 1 rings (SSSR count). The minimum absolute atomic E-state index is 0.0604. The first kappa shape index (κ1) is 14.5. The standard InChI is InChI=1S/C16H25N2/c1-7-8-11-18(6)16(5)10-9-15(16,4)13(2)12-14(3)17/h8-12H,3,6-7,17H2,1-2,4-5H3/q+1/b11-8-,13-12+. The molecule has 2 heteroatoms. The zero-order valence-corrected chi connectivity index (χ0v) is 12.0. The van der Waals surface area contributed by atoms with Gasteiger partial charge in [-0.05, 0) is 38.5 Å². The van der Waals surface area contributed by atoms with Crippen LogP contribution in [0.2, 0.25) is 0 Å². The predicted octanol–water partition coefficient (Wildman–Crippen LogP) is 3.38. The summed E-state index contributed by atoms with van der Waals surface area (Å²) in [7, 11) is 0. The second-order valence-electron chi connectivity index (χ2n) is 5.35. The Morgan fingerprint density at radius 3 is 2.39 bits per heavy atom. The molecule has 0 aromatic heterocycles. The molecular formula is C16H25N2+. The van der Waals surface area contributed by atoms with Crippen LogP contribution in [0, 0.1) is 5.41 Å². The molecule has 1 aliphatic rings. The molecule has 2 unspecified atom stereocenters. The topological polar surface area (TPSA) is 29.0 Å². The van der Waals surface area contributed by atoms with Crippen molar-refractivity contribution in [3.8, 4) is 0 Å². The Morgan fingerprint density at radius 2 is 2.00 bits per heavy atom. The minimum Gasteiger partial charge on any atom is -0.399 e. The lowest BCUT2D eigenvalue weighted by molar-refractivity contribution is -0.543. The highest BCUT2D eigenvalue weighted by molar-refractivity contribution is 5.41. The normalized spacial score (nSPS) is 31.4. The van der Waals surface area contributed by atoms with E-state index >= 15 is 0 Å². The van der Waals surface area contributed by atoms with E-state index in [0.29, 0.717) is 5.70 Å². The smallest absolute Gasteiger partial charge is 0.195 e. The zero-order chi connectivity index (χ0) is 14.0. The highest BCUT2D eigenvalue weighted by Gasteiger charge is 2.56. The van der Waals surface area contributed by atoms with Gasteiger partial charge in [0.15, 0.2) is 11.7 Å². The summed E-state index contributed by atoms with van der Waals surface area (Å²) in [5.41, 5.74) is 7.30. The number of nitrogens with zero attached hydrogens (tertiary/aromatic N) is 1. The third-order valence-electron chi connectivity index (χ3n) is 4.13. The van der Waals surface area contributed by atoms with Crippen LogP contribution < -0.4 is 5.73 Å². The van der Waals surface area contributed by atoms with E-state index in [1.165, 1.54) is 5.57 Å². The average molecular weight is 245 g/mol. The molecule has 0 bridgehead atoms. The maximum absolute atomic E-state index is 5.68. The van der Waals surface area contributed by atoms with Gasteiger partial charge in [-0.3, -0.25) is 0 Å². The number of rotatable bonds is 5. The van der Waals surface area contributed by atoms with Gasteiger partial charge in [0.1, 0.15) is 6.72 Å². The molecule has 2 nitrogen and oxygen atoms in total. The van der Waals surface area contributed by atoms with E-state index in [4.69, 9.17) is 5.73 Å². The minimum atomic E-state index is -0.116. The maximum atomic E-state index is 5.68. The highest BCUT2D eigenvalue weighted by atomic mass is 15.1. The van der Waals surface area contributed by atoms with Crippen LogP contribution in [-0.2, 0) is 0 Å². The molecule has 0 saturated carbocycles. The lowest BCUT2D eigenvalue weighted by Crippen LogP contribution is -2.54. The van der Waals surface area contributed by atoms with Gasteiger partial charge in [0, 0.05) is 12.6 Å². The van der Waals surface area contributed by atoms with Gasteiger partial charge in [-0.2, -0.15) is 0 Å². The van der Waals surface area contributed by atoms with Crippen LogP contribution in [0.15, 0.2) is 48.4 Å². The molecule has 0 heterocycles.